The number of carbonyl (C=O) groups is 2. The highest BCUT2D eigenvalue weighted by Crippen LogP contribution is 2.34. The Labute approximate surface area is 236 Å². The summed E-state index contributed by atoms with van der Waals surface area (Å²) < 4.78 is 22.6. The van der Waals surface area contributed by atoms with Crippen LogP contribution in [-0.2, 0) is 11.2 Å². The van der Waals surface area contributed by atoms with Gasteiger partial charge in [-0.15, -0.1) is 0 Å². The number of aromatic hydroxyl groups is 2. The van der Waals surface area contributed by atoms with E-state index in [2.05, 4.69) is 0 Å². The molecule has 0 saturated heterocycles. The van der Waals surface area contributed by atoms with Crippen LogP contribution in [0.15, 0.2) is 63.8 Å². The summed E-state index contributed by atoms with van der Waals surface area (Å²) in [5.41, 5.74) is 0.714. The quantitative estimate of drug-likeness (QED) is 0.121. The van der Waals surface area contributed by atoms with E-state index < -0.39 is 11.4 Å². The van der Waals surface area contributed by atoms with E-state index in [1.54, 1.807) is 49.4 Å². The second-order valence-electron chi connectivity index (χ2n) is 9.33. The maximum atomic E-state index is 13.5. The highest BCUT2D eigenvalue weighted by atomic mass is 16.5. The SMILES string of the molecule is CCCc1c(OCCCOc2cc(O)c3c(=O)c(-c4ccccc4)c(C(=O)OCC)oc3c2)ccc(C(C)=O)c1O. The van der Waals surface area contributed by atoms with Gasteiger partial charge in [0.1, 0.15) is 34.0 Å². The summed E-state index contributed by atoms with van der Waals surface area (Å²) in [5.74, 6) is -0.949. The third kappa shape index (κ3) is 6.35. The Bertz CT molecular complexity index is 1620. The van der Waals surface area contributed by atoms with E-state index >= 15 is 0 Å². The van der Waals surface area contributed by atoms with E-state index in [1.807, 2.05) is 6.92 Å². The summed E-state index contributed by atoms with van der Waals surface area (Å²) in [4.78, 5) is 37.9. The molecular formula is C32H32O9. The van der Waals surface area contributed by atoms with Gasteiger partial charge in [-0.25, -0.2) is 4.79 Å². The number of rotatable bonds is 12. The highest BCUT2D eigenvalue weighted by molar-refractivity contribution is 5.99. The molecule has 0 unspecified atom stereocenters. The van der Waals surface area contributed by atoms with E-state index in [1.165, 1.54) is 19.1 Å². The molecule has 0 aliphatic heterocycles. The summed E-state index contributed by atoms with van der Waals surface area (Å²) in [6.45, 7) is 5.57. The monoisotopic (exact) mass is 560 g/mol. The fourth-order valence-electron chi connectivity index (χ4n) is 4.52. The molecule has 3 aromatic carbocycles. The molecule has 9 nitrogen and oxygen atoms in total. The number of phenols is 2. The lowest BCUT2D eigenvalue weighted by atomic mass is 10.0. The predicted octanol–water partition coefficient (Wildman–Crippen LogP) is 6.05. The number of fused-ring (bicyclic) bond motifs is 1. The fraction of sp³-hybridized carbons (Fsp3) is 0.281. The summed E-state index contributed by atoms with van der Waals surface area (Å²) in [6.07, 6.45) is 1.77. The lowest BCUT2D eigenvalue weighted by Gasteiger charge is -2.15. The van der Waals surface area contributed by atoms with E-state index in [4.69, 9.17) is 18.6 Å². The van der Waals surface area contributed by atoms with Crippen LogP contribution < -0.4 is 14.9 Å². The number of hydrogen-bond acceptors (Lipinski definition) is 9. The van der Waals surface area contributed by atoms with Gasteiger partial charge in [0.25, 0.3) is 0 Å². The number of ketones is 1. The Kier molecular flexibility index (Phi) is 9.29. The lowest BCUT2D eigenvalue weighted by molar-refractivity contribution is 0.0491. The molecule has 2 N–H and O–H groups in total. The standard InChI is InChI=1S/C32H32O9/c1-4-10-23-25(14-13-22(19(3)33)29(23)35)40-16-9-15-39-21-17-24(34)28-26(18-21)41-31(32(37)38-5-2)27(30(28)36)20-11-7-6-8-12-20/h6-8,11-14,17-18,34-35H,4-5,9-10,15-16H2,1-3H3. The first-order chi connectivity index (χ1) is 19.8. The van der Waals surface area contributed by atoms with E-state index in [9.17, 15) is 24.6 Å². The molecule has 4 rings (SSSR count). The van der Waals surface area contributed by atoms with Crippen molar-refractivity contribution in [2.75, 3.05) is 19.8 Å². The van der Waals surface area contributed by atoms with Crippen molar-refractivity contribution < 1.29 is 38.4 Å². The molecule has 214 valence electrons. The van der Waals surface area contributed by atoms with Crippen LogP contribution in [0.5, 0.6) is 23.0 Å². The van der Waals surface area contributed by atoms with Gasteiger partial charge in [-0.3, -0.25) is 9.59 Å². The van der Waals surface area contributed by atoms with Crippen LogP contribution in [0.3, 0.4) is 0 Å². The predicted molar refractivity (Wildman–Crippen MR) is 153 cm³/mol. The van der Waals surface area contributed by atoms with Crippen LogP contribution in [0.25, 0.3) is 22.1 Å². The van der Waals surface area contributed by atoms with Gasteiger partial charge in [0.15, 0.2) is 5.78 Å². The summed E-state index contributed by atoms with van der Waals surface area (Å²) in [5, 5.41) is 21.2. The Morgan fingerprint density at radius 1 is 0.951 bits per heavy atom. The molecule has 0 fully saturated rings. The van der Waals surface area contributed by atoms with Gasteiger partial charge in [0.2, 0.25) is 11.2 Å². The average molecular weight is 561 g/mol. The molecule has 0 spiro atoms. The molecule has 0 bridgehead atoms. The Morgan fingerprint density at radius 2 is 1.68 bits per heavy atom. The Balaban J connectivity index is 1.53. The first-order valence-electron chi connectivity index (χ1n) is 13.4. The molecule has 0 saturated carbocycles. The molecule has 0 amide bonds. The van der Waals surface area contributed by atoms with Crippen molar-refractivity contribution in [3.8, 4) is 34.1 Å². The first kappa shape index (κ1) is 29.2. The van der Waals surface area contributed by atoms with Gasteiger partial charge >= 0.3 is 5.97 Å². The van der Waals surface area contributed by atoms with Gasteiger partial charge in [-0.05, 0) is 38.0 Å². The van der Waals surface area contributed by atoms with Crippen LogP contribution in [0.4, 0.5) is 0 Å². The number of hydrogen-bond donors (Lipinski definition) is 2. The van der Waals surface area contributed by atoms with E-state index in [-0.39, 0.29) is 70.7 Å². The number of benzene rings is 3. The van der Waals surface area contributed by atoms with Gasteiger partial charge in [-0.2, -0.15) is 0 Å². The molecule has 0 aliphatic carbocycles. The molecule has 41 heavy (non-hydrogen) atoms. The van der Waals surface area contributed by atoms with Crippen molar-refractivity contribution in [1.29, 1.82) is 0 Å². The highest BCUT2D eigenvalue weighted by Gasteiger charge is 2.25. The van der Waals surface area contributed by atoms with Crippen LogP contribution in [0, 0.1) is 0 Å². The minimum atomic E-state index is -0.793. The molecule has 1 aromatic heterocycles. The minimum absolute atomic E-state index is 0.00230. The topological polar surface area (TPSA) is 132 Å². The largest absolute Gasteiger partial charge is 0.507 e. The molecule has 0 radical (unpaired) electrons. The number of ether oxygens (including phenoxy) is 3. The van der Waals surface area contributed by atoms with Gasteiger partial charge in [0.05, 0.1) is 30.9 Å². The molecular weight excluding hydrogens is 528 g/mol. The van der Waals surface area contributed by atoms with Crippen molar-refractivity contribution in [2.45, 2.75) is 40.0 Å². The van der Waals surface area contributed by atoms with E-state index in [0.29, 0.717) is 29.7 Å². The average Bonchev–Trinajstić information content (AvgIpc) is 2.94. The second kappa shape index (κ2) is 13.0. The molecule has 4 aromatic rings. The lowest BCUT2D eigenvalue weighted by Crippen LogP contribution is -2.15. The summed E-state index contributed by atoms with van der Waals surface area (Å²) in [6, 6.07) is 14.5. The Morgan fingerprint density at radius 3 is 2.37 bits per heavy atom. The van der Waals surface area contributed by atoms with Crippen molar-refractivity contribution in [2.24, 2.45) is 0 Å². The number of phenolic OH excluding ortho intramolecular Hbond substituents is 2. The molecule has 9 heteroatoms. The molecule has 0 atom stereocenters. The summed E-state index contributed by atoms with van der Waals surface area (Å²) >= 11 is 0. The van der Waals surface area contributed by atoms with Crippen LogP contribution >= 0.6 is 0 Å². The number of Topliss-reactive ketones (excluding diaryl/α,β-unsaturated/α-hetero) is 1. The molecule has 0 aliphatic rings. The smallest absolute Gasteiger partial charge is 0.375 e. The Hall–Kier alpha value is -4.79. The van der Waals surface area contributed by atoms with Crippen LogP contribution in [0.1, 0.15) is 60.1 Å². The fourth-order valence-corrected chi connectivity index (χ4v) is 4.52. The van der Waals surface area contributed by atoms with Crippen molar-refractivity contribution in [3.05, 3.63) is 81.7 Å². The van der Waals surface area contributed by atoms with Crippen LogP contribution in [-0.4, -0.2) is 41.8 Å². The maximum absolute atomic E-state index is 13.5. The van der Waals surface area contributed by atoms with Gasteiger partial charge < -0.3 is 28.8 Å². The normalized spacial score (nSPS) is 10.9. The van der Waals surface area contributed by atoms with Crippen molar-refractivity contribution in [3.63, 3.8) is 0 Å². The molecule has 1 heterocycles. The van der Waals surface area contributed by atoms with Gasteiger partial charge in [0, 0.05) is 24.1 Å². The second-order valence-corrected chi connectivity index (χ2v) is 9.33. The number of carbonyl (C=O) groups excluding carboxylic acids is 2. The zero-order valence-corrected chi connectivity index (χ0v) is 23.2. The zero-order chi connectivity index (χ0) is 29.5. The minimum Gasteiger partial charge on any atom is -0.507 e. The number of esters is 1. The zero-order valence-electron chi connectivity index (χ0n) is 23.2. The van der Waals surface area contributed by atoms with Crippen molar-refractivity contribution >= 4 is 22.7 Å². The summed E-state index contributed by atoms with van der Waals surface area (Å²) in [7, 11) is 0. The third-order valence-corrected chi connectivity index (χ3v) is 6.41. The van der Waals surface area contributed by atoms with Gasteiger partial charge in [-0.1, -0.05) is 43.7 Å². The third-order valence-electron chi connectivity index (χ3n) is 6.41. The van der Waals surface area contributed by atoms with Crippen molar-refractivity contribution in [1.82, 2.24) is 0 Å². The van der Waals surface area contributed by atoms with Crippen LogP contribution in [0.2, 0.25) is 0 Å². The maximum Gasteiger partial charge on any atom is 0.375 e. The first-order valence-corrected chi connectivity index (χ1v) is 13.4. The van der Waals surface area contributed by atoms with E-state index in [0.717, 1.165) is 6.42 Å².